The highest BCUT2D eigenvalue weighted by Crippen LogP contribution is 2.45. The Bertz CT molecular complexity index is 1440. The second kappa shape index (κ2) is 20.4. The third-order valence-electron chi connectivity index (χ3n) is 9.69. The van der Waals surface area contributed by atoms with E-state index >= 15 is 0 Å². The monoisotopic (exact) mass is 656 g/mol. The first kappa shape index (κ1) is 37.7. The largest absolute Gasteiger partial charge is 0.490 e. The molecule has 4 nitrogen and oxygen atoms in total. The smallest absolute Gasteiger partial charge is 0.161 e. The minimum atomic E-state index is 0.698. The van der Waals surface area contributed by atoms with Crippen molar-refractivity contribution in [3.63, 3.8) is 0 Å². The van der Waals surface area contributed by atoms with Crippen LogP contribution in [0.25, 0.3) is 32.3 Å². The zero-order chi connectivity index (χ0) is 34.1. The van der Waals surface area contributed by atoms with E-state index < -0.39 is 0 Å². The zero-order valence-electron chi connectivity index (χ0n) is 31.2. The Labute approximate surface area is 291 Å². The van der Waals surface area contributed by atoms with Gasteiger partial charge in [0.1, 0.15) is 0 Å². The van der Waals surface area contributed by atoms with E-state index in [1.54, 1.807) is 0 Å². The lowest BCUT2D eigenvalue weighted by Crippen LogP contribution is -2.04. The van der Waals surface area contributed by atoms with Crippen LogP contribution in [0, 0.1) is 13.8 Å². The van der Waals surface area contributed by atoms with Gasteiger partial charge in [-0.05, 0) is 107 Å². The van der Waals surface area contributed by atoms with Gasteiger partial charge in [-0.1, -0.05) is 117 Å². The quantitative estimate of drug-likeness (QED) is 0.0555. The molecule has 0 aliphatic rings. The second-order valence-electron chi connectivity index (χ2n) is 13.8. The van der Waals surface area contributed by atoms with Crippen molar-refractivity contribution in [1.82, 2.24) is 0 Å². The summed E-state index contributed by atoms with van der Waals surface area (Å²) in [6.07, 6.45) is 18.8. The molecule has 0 heterocycles. The molecule has 4 aromatic carbocycles. The molecule has 4 aromatic rings. The Morgan fingerprint density at radius 3 is 0.771 bits per heavy atom. The minimum absolute atomic E-state index is 0.698. The molecule has 0 aliphatic carbocycles. The van der Waals surface area contributed by atoms with E-state index in [1.807, 2.05) is 0 Å². The predicted molar refractivity (Wildman–Crippen MR) is 207 cm³/mol. The van der Waals surface area contributed by atoms with Crippen molar-refractivity contribution < 1.29 is 18.9 Å². The average Bonchev–Trinajstić information content (AvgIpc) is 3.09. The second-order valence-corrected chi connectivity index (χ2v) is 13.8. The van der Waals surface area contributed by atoms with Crippen molar-refractivity contribution in [2.24, 2.45) is 0 Å². The molecule has 0 radical (unpaired) electrons. The summed E-state index contributed by atoms with van der Waals surface area (Å²) in [5.41, 5.74) is 2.58. The molecule has 0 unspecified atom stereocenters. The van der Waals surface area contributed by atoms with Crippen LogP contribution in [0.1, 0.15) is 142 Å². The van der Waals surface area contributed by atoms with Crippen molar-refractivity contribution in [2.45, 2.75) is 144 Å². The normalized spacial score (nSPS) is 11.5. The molecule has 0 atom stereocenters. The molecule has 0 N–H and O–H groups in total. The maximum Gasteiger partial charge on any atom is 0.161 e. The predicted octanol–water partition coefficient (Wildman–Crippen LogP) is 13.6. The van der Waals surface area contributed by atoms with Gasteiger partial charge in [0, 0.05) is 0 Å². The number of fused-ring (bicyclic) bond motifs is 6. The molecule has 0 saturated heterocycles. The van der Waals surface area contributed by atoms with Gasteiger partial charge in [-0.3, -0.25) is 0 Å². The summed E-state index contributed by atoms with van der Waals surface area (Å²) in [7, 11) is 0. The van der Waals surface area contributed by atoms with Crippen LogP contribution in [0.5, 0.6) is 23.0 Å². The molecule has 0 fully saturated rings. The van der Waals surface area contributed by atoms with Gasteiger partial charge in [0.2, 0.25) is 0 Å². The maximum atomic E-state index is 6.53. The molecule has 0 saturated carbocycles. The zero-order valence-corrected chi connectivity index (χ0v) is 31.2. The molecule has 4 heteroatoms. The Morgan fingerprint density at radius 1 is 0.312 bits per heavy atom. The van der Waals surface area contributed by atoms with Gasteiger partial charge < -0.3 is 18.9 Å². The van der Waals surface area contributed by atoms with E-state index in [9.17, 15) is 0 Å². The van der Waals surface area contributed by atoms with Crippen LogP contribution in [-0.2, 0) is 0 Å². The van der Waals surface area contributed by atoms with Gasteiger partial charge in [-0.15, -0.1) is 0 Å². The van der Waals surface area contributed by atoms with Crippen molar-refractivity contribution in [1.29, 1.82) is 0 Å². The fourth-order valence-electron chi connectivity index (χ4n) is 6.57. The van der Waals surface area contributed by atoms with Crippen LogP contribution in [-0.4, -0.2) is 26.4 Å². The molecule has 0 aromatic heterocycles. The molecule has 264 valence electrons. The van der Waals surface area contributed by atoms with Crippen LogP contribution < -0.4 is 18.9 Å². The topological polar surface area (TPSA) is 36.9 Å². The maximum absolute atomic E-state index is 6.53. The number of rotatable bonds is 24. The van der Waals surface area contributed by atoms with Crippen LogP contribution in [0.4, 0.5) is 0 Å². The third-order valence-corrected chi connectivity index (χ3v) is 9.69. The van der Waals surface area contributed by atoms with E-state index in [1.165, 1.54) is 120 Å². The lowest BCUT2D eigenvalue weighted by molar-refractivity contribution is 0.259. The van der Waals surface area contributed by atoms with Crippen molar-refractivity contribution >= 4 is 32.3 Å². The molecule has 0 aliphatic heterocycles. The molecular weight excluding hydrogens is 592 g/mol. The number of hydrogen-bond acceptors (Lipinski definition) is 4. The highest BCUT2D eigenvalue weighted by Gasteiger charge is 2.18. The lowest BCUT2D eigenvalue weighted by atomic mass is 9.91. The number of ether oxygens (including phenoxy) is 4. The van der Waals surface area contributed by atoms with E-state index in [4.69, 9.17) is 18.9 Å². The number of aryl methyl sites for hydroxylation is 2. The SMILES string of the molecule is CCCCCCOc1cc2c3cc(C)c(C)cc3c3cc(OCCCCCC)c(OCCCCCC)cc3c2cc1OCCCCCC. The first-order chi connectivity index (χ1) is 23.5. The standard InChI is InChI=1S/C44H64O4/c1-7-11-15-19-23-45-41-29-37-35-27-33(5)34(6)28-36(35)38-30-42(46-24-20-16-12-8-2)44(48-26-22-18-14-10-4)32-40(38)39(37)31-43(41)47-25-21-17-13-9-3/h27-32H,7-26H2,1-6H3. The fourth-order valence-corrected chi connectivity index (χ4v) is 6.57. The summed E-state index contributed by atoms with van der Waals surface area (Å²) in [6.45, 7) is 16.2. The summed E-state index contributed by atoms with van der Waals surface area (Å²) < 4.78 is 26.1. The molecule has 0 bridgehead atoms. The van der Waals surface area contributed by atoms with E-state index in [-0.39, 0.29) is 0 Å². The lowest BCUT2D eigenvalue weighted by Gasteiger charge is -2.20. The van der Waals surface area contributed by atoms with E-state index in [2.05, 4.69) is 77.9 Å². The minimum Gasteiger partial charge on any atom is -0.490 e. The Balaban J connectivity index is 1.86. The summed E-state index contributed by atoms with van der Waals surface area (Å²) >= 11 is 0. The van der Waals surface area contributed by atoms with Crippen LogP contribution in [0.15, 0.2) is 36.4 Å². The summed E-state index contributed by atoms with van der Waals surface area (Å²) in [5.74, 6) is 3.40. The van der Waals surface area contributed by atoms with Crippen LogP contribution in [0.2, 0.25) is 0 Å². The van der Waals surface area contributed by atoms with Gasteiger partial charge in [-0.25, -0.2) is 0 Å². The van der Waals surface area contributed by atoms with E-state index in [0.29, 0.717) is 26.4 Å². The van der Waals surface area contributed by atoms with Crippen LogP contribution in [0.3, 0.4) is 0 Å². The van der Waals surface area contributed by atoms with Gasteiger partial charge in [0.05, 0.1) is 26.4 Å². The Morgan fingerprint density at radius 2 is 0.542 bits per heavy atom. The van der Waals surface area contributed by atoms with Gasteiger partial charge >= 0.3 is 0 Å². The van der Waals surface area contributed by atoms with Gasteiger partial charge in [0.25, 0.3) is 0 Å². The van der Waals surface area contributed by atoms with Crippen LogP contribution >= 0.6 is 0 Å². The van der Waals surface area contributed by atoms with Crippen molar-refractivity contribution in [3.05, 3.63) is 47.5 Å². The van der Waals surface area contributed by atoms with Gasteiger partial charge in [0.15, 0.2) is 23.0 Å². The first-order valence-corrected chi connectivity index (χ1v) is 19.5. The Hall–Kier alpha value is -3.14. The highest BCUT2D eigenvalue weighted by molar-refractivity contribution is 6.26. The fraction of sp³-hybridized carbons (Fsp3) is 0.591. The number of hydrogen-bond donors (Lipinski definition) is 0. The summed E-state index contributed by atoms with van der Waals surface area (Å²) in [4.78, 5) is 0. The summed E-state index contributed by atoms with van der Waals surface area (Å²) in [6, 6.07) is 13.7. The van der Waals surface area contributed by atoms with Gasteiger partial charge in [-0.2, -0.15) is 0 Å². The first-order valence-electron chi connectivity index (χ1n) is 19.5. The molecule has 0 spiro atoms. The molecule has 48 heavy (non-hydrogen) atoms. The summed E-state index contributed by atoms with van der Waals surface area (Å²) in [5, 5.41) is 7.23. The number of benzene rings is 4. The van der Waals surface area contributed by atoms with Crippen molar-refractivity contribution in [3.8, 4) is 23.0 Å². The molecule has 0 amide bonds. The Kier molecular flexibility index (Phi) is 16.0. The van der Waals surface area contributed by atoms with Crippen molar-refractivity contribution in [2.75, 3.05) is 26.4 Å². The third kappa shape index (κ3) is 10.4. The molecular formula is C44H64O4. The molecule has 4 rings (SSSR count). The highest BCUT2D eigenvalue weighted by atomic mass is 16.5. The van der Waals surface area contributed by atoms with E-state index in [0.717, 1.165) is 48.7 Å². The number of unbranched alkanes of at least 4 members (excludes halogenated alkanes) is 12. The average molecular weight is 657 g/mol.